The highest BCUT2D eigenvalue weighted by atomic mass is 35.5. The molecule has 0 saturated heterocycles. The van der Waals surface area contributed by atoms with Crippen LogP contribution in [0.15, 0.2) is 6.20 Å². The Kier molecular flexibility index (Phi) is 3.39. The van der Waals surface area contributed by atoms with Crippen LogP contribution in [0.4, 0.5) is 10.2 Å². The summed E-state index contributed by atoms with van der Waals surface area (Å²) in [6.07, 6.45) is 0.974. The summed E-state index contributed by atoms with van der Waals surface area (Å²) < 4.78 is 12.9. The van der Waals surface area contributed by atoms with E-state index in [2.05, 4.69) is 15.3 Å². The Labute approximate surface area is 79.8 Å². The van der Waals surface area contributed by atoms with Crippen molar-refractivity contribution in [1.82, 2.24) is 9.97 Å². The van der Waals surface area contributed by atoms with E-state index in [4.69, 9.17) is 16.7 Å². The molecule has 0 amide bonds. The molecule has 0 aliphatic heterocycles. The SMILES string of the molecule is C[C@@H](CO)Nc1nc(Cl)ncc1F. The molecule has 6 heteroatoms. The molecule has 1 aromatic heterocycles. The van der Waals surface area contributed by atoms with Crippen LogP contribution in [0.5, 0.6) is 0 Å². The zero-order valence-corrected chi connectivity index (χ0v) is 7.72. The van der Waals surface area contributed by atoms with Crippen molar-refractivity contribution >= 4 is 17.4 Å². The van der Waals surface area contributed by atoms with Crippen molar-refractivity contribution in [3.05, 3.63) is 17.3 Å². The number of aliphatic hydroxyl groups is 1. The molecule has 0 saturated carbocycles. The molecule has 13 heavy (non-hydrogen) atoms. The lowest BCUT2D eigenvalue weighted by Crippen LogP contribution is -2.21. The van der Waals surface area contributed by atoms with Crippen LogP contribution >= 0.6 is 11.6 Å². The third-order valence-corrected chi connectivity index (χ3v) is 1.55. The smallest absolute Gasteiger partial charge is 0.224 e. The van der Waals surface area contributed by atoms with Gasteiger partial charge >= 0.3 is 0 Å². The number of aromatic nitrogens is 2. The summed E-state index contributed by atoms with van der Waals surface area (Å²) in [4.78, 5) is 7.07. The Morgan fingerprint density at radius 3 is 3.08 bits per heavy atom. The number of hydrogen-bond donors (Lipinski definition) is 2. The number of hydrogen-bond acceptors (Lipinski definition) is 4. The van der Waals surface area contributed by atoms with Crippen molar-refractivity contribution in [2.75, 3.05) is 11.9 Å². The van der Waals surface area contributed by atoms with Crippen LogP contribution in [-0.4, -0.2) is 27.7 Å². The number of nitrogens with one attached hydrogen (secondary N) is 1. The Morgan fingerprint density at radius 1 is 1.77 bits per heavy atom. The number of anilines is 1. The molecular weight excluding hydrogens is 197 g/mol. The first-order chi connectivity index (χ1) is 6.13. The molecule has 1 aromatic rings. The van der Waals surface area contributed by atoms with Gasteiger partial charge in [-0.05, 0) is 18.5 Å². The van der Waals surface area contributed by atoms with E-state index < -0.39 is 5.82 Å². The van der Waals surface area contributed by atoms with Crippen LogP contribution in [0.2, 0.25) is 5.28 Å². The Hall–Kier alpha value is -0.940. The molecule has 0 aliphatic carbocycles. The van der Waals surface area contributed by atoms with E-state index in [1.54, 1.807) is 6.92 Å². The van der Waals surface area contributed by atoms with Crippen LogP contribution in [-0.2, 0) is 0 Å². The highest BCUT2D eigenvalue weighted by molar-refractivity contribution is 6.28. The zero-order valence-electron chi connectivity index (χ0n) is 6.96. The minimum absolute atomic E-state index is 0.00144. The number of halogens is 2. The van der Waals surface area contributed by atoms with Crippen LogP contribution in [0.25, 0.3) is 0 Å². The number of nitrogens with zero attached hydrogens (tertiary/aromatic N) is 2. The van der Waals surface area contributed by atoms with Gasteiger partial charge in [0.25, 0.3) is 0 Å². The normalized spacial score (nSPS) is 12.6. The molecule has 72 valence electrons. The molecular formula is C7H9ClFN3O. The van der Waals surface area contributed by atoms with E-state index in [-0.39, 0.29) is 23.8 Å². The highest BCUT2D eigenvalue weighted by Crippen LogP contribution is 2.12. The predicted molar refractivity (Wildman–Crippen MR) is 47.2 cm³/mol. The van der Waals surface area contributed by atoms with E-state index in [1.807, 2.05) is 0 Å². The van der Waals surface area contributed by atoms with Crippen molar-refractivity contribution in [3.8, 4) is 0 Å². The average molecular weight is 206 g/mol. The van der Waals surface area contributed by atoms with Gasteiger partial charge in [0.05, 0.1) is 12.8 Å². The summed E-state index contributed by atoms with van der Waals surface area (Å²) in [5.41, 5.74) is 0. The topological polar surface area (TPSA) is 58.0 Å². The highest BCUT2D eigenvalue weighted by Gasteiger charge is 2.07. The minimum Gasteiger partial charge on any atom is -0.394 e. The summed E-state index contributed by atoms with van der Waals surface area (Å²) >= 11 is 5.45. The van der Waals surface area contributed by atoms with E-state index in [9.17, 15) is 4.39 Å². The second-order valence-electron chi connectivity index (χ2n) is 2.56. The summed E-state index contributed by atoms with van der Waals surface area (Å²) in [6.45, 7) is 1.58. The Morgan fingerprint density at radius 2 is 2.46 bits per heavy atom. The van der Waals surface area contributed by atoms with Crippen LogP contribution < -0.4 is 5.32 Å². The van der Waals surface area contributed by atoms with E-state index >= 15 is 0 Å². The van der Waals surface area contributed by atoms with Crippen molar-refractivity contribution in [2.45, 2.75) is 13.0 Å². The lowest BCUT2D eigenvalue weighted by molar-refractivity contribution is 0.281. The van der Waals surface area contributed by atoms with Gasteiger partial charge in [-0.15, -0.1) is 0 Å². The van der Waals surface area contributed by atoms with Gasteiger partial charge in [-0.2, -0.15) is 4.98 Å². The van der Waals surface area contributed by atoms with E-state index in [1.165, 1.54) is 0 Å². The van der Waals surface area contributed by atoms with Gasteiger partial charge in [0.1, 0.15) is 0 Å². The molecule has 0 fully saturated rings. The van der Waals surface area contributed by atoms with E-state index in [0.29, 0.717) is 0 Å². The fourth-order valence-corrected chi connectivity index (χ4v) is 0.859. The van der Waals surface area contributed by atoms with E-state index in [0.717, 1.165) is 6.20 Å². The summed E-state index contributed by atoms with van der Waals surface area (Å²) in [5.74, 6) is -0.591. The molecule has 4 nitrogen and oxygen atoms in total. The van der Waals surface area contributed by atoms with Crippen LogP contribution in [0.3, 0.4) is 0 Å². The second kappa shape index (κ2) is 4.34. The molecule has 1 heterocycles. The van der Waals surface area contributed by atoms with Gasteiger partial charge in [0.15, 0.2) is 11.6 Å². The maximum Gasteiger partial charge on any atom is 0.224 e. The predicted octanol–water partition coefficient (Wildman–Crippen LogP) is 1.06. The Balaban J connectivity index is 2.81. The van der Waals surface area contributed by atoms with Crippen molar-refractivity contribution in [3.63, 3.8) is 0 Å². The standard InChI is InChI=1S/C7H9ClFN3O/c1-4(3-13)11-6-5(9)2-10-7(8)12-6/h2,4,13H,3H2,1H3,(H,10,11,12)/t4-/m0/s1. The molecule has 0 radical (unpaired) electrons. The lowest BCUT2D eigenvalue weighted by Gasteiger charge is -2.11. The molecule has 0 unspecified atom stereocenters. The van der Waals surface area contributed by atoms with Crippen LogP contribution in [0, 0.1) is 5.82 Å². The van der Waals surface area contributed by atoms with Crippen molar-refractivity contribution in [1.29, 1.82) is 0 Å². The minimum atomic E-state index is -0.593. The molecule has 1 atom stereocenters. The Bertz CT molecular complexity index is 297. The molecule has 1 rings (SSSR count). The summed E-state index contributed by atoms with van der Waals surface area (Å²) in [5, 5.41) is 11.3. The maximum atomic E-state index is 12.9. The molecule has 0 aromatic carbocycles. The first-order valence-electron chi connectivity index (χ1n) is 3.69. The lowest BCUT2D eigenvalue weighted by atomic mass is 10.3. The van der Waals surface area contributed by atoms with Gasteiger partial charge in [-0.3, -0.25) is 0 Å². The third kappa shape index (κ3) is 2.78. The fourth-order valence-electron chi connectivity index (χ4n) is 0.726. The van der Waals surface area contributed by atoms with Gasteiger partial charge < -0.3 is 10.4 Å². The number of aliphatic hydroxyl groups excluding tert-OH is 1. The van der Waals surface area contributed by atoms with Gasteiger partial charge in [-0.1, -0.05) is 0 Å². The fraction of sp³-hybridized carbons (Fsp3) is 0.429. The molecule has 0 bridgehead atoms. The van der Waals surface area contributed by atoms with Crippen molar-refractivity contribution in [2.24, 2.45) is 0 Å². The molecule has 0 aliphatic rings. The van der Waals surface area contributed by atoms with Gasteiger partial charge in [0.2, 0.25) is 5.28 Å². The van der Waals surface area contributed by atoms with Gasteiger partial charge in [-0.25, -0.2) is 9.37 Å². The molecule has 2 N–H and O–H groups in total. The van der Waals surface area contributed by atoms with Crippen molar-refractivity contribution < 1.29 is 9.50 Å². The molecule has 0 spiro atoms. The summed E-state index contributed by atoms with van der Waals surface area (Å²) in [6, 6.07) is -0.277. The summed E-state index contributed by atoms with van der Waals surface area (Å²) in [7, 11) is 0. The van der Waals surface area contributed by atoms with Gasteiger partial charge in [0, 0.05) is 6.04 Å². The average Bonchev–Trinajstić information content (AvgIpc) is 2.11. The quantitative estimate of drug-likeness (QED) is 0.725. The zero-order chi connectivity index (χ0) is 9.84. The third-order valence-electron chi connectivity index (χ3n) is 1.37. The first kappa shape index (κ1) is 10.1. The largest absolute Gasteiger partial charge is 0.394 e. The number of rotatable bonds is 3. The van der Waals surface area contributed by atoms with Crippen LogP contribution in [0.1, 0.15) is 6.92 Å². The second-order valence-corrected chi connectivity index (χ2v) is 2.90. The first-order valence-corrected chi connectivity index (χ1v) is 4.06. The maximum absolute atomic E-state index is 12.9. The monoisotopic (exact) mass is 205 g/mol.